The number of hydrogen-bond donors (Lipinski definition) is 0. The quantitative estimate of drug-likeness (QED) is 0.222. The van der Waals surface area contributed by atoms with Gasteiger partial charge in [0.25, 0.3) is 0 Å². The van der Waals surface area contributed by atoms with Gasteiger partial charge in [0.15, 0.2) is 0 Å². The van der Waals surface area contributed by atoms with Crippen molar-refractivity contribution in [1.29, 1.82) is 0 Å². The van der Waals surface area contributed by atoms with Crippen LogP contribution >= 0.6 is 0 Å². The average molecular weight is 234 g/mol. The van der Waals surface area contributed by atoms with Crippen molar-refractivity contribution < 1.29 is 28.8 Å². The minimum atomic E-state index is -1.21. The summed E-state index contributed by atoms with van der Waals surface area (Å²) in [7, 11) is 0. The Morgan fingerprint density at radius 3 is 2.38 bits per heavy atom. The lowest BCUT2D eigenvalue weighted by Gasteiger charge is -2.03. The van der Waals surface area contributed by atoms with E-state index in [1.54, 1.807) is 6.92 Å². The Hall–Kier alpha value is -1.30. The summed E-state index contributed by atoms with van der Waals surface area (Å²) in [5, 5.41) is 0. The van der Waals surface area contributed by atoms with Crippen molar-refractivity contribution in [3.8, 4) is 0 Å². The van der Waals surface area contributed by atoms with Gasteiger partial charge in [0.05, 0.1) is 13.2 Å². The van der Waals surface area contributed by atoms with Crippen LogP contribution < -0.4 is 0 Å². The number of hydrogen-bond acceptors (Lipinski definition) is 6. The molecule has 0 aromatic carbocycles. The minimum absolute atomic E-state index is 0.129. The molecule has 0 fully saturated rings. The van der Waals surface area contributed by atoms with Crippen molar-refractivity contribution in [2.45, 2.75) is 39.5 Å². The molecule has 0 aliphatic rings. The fourth-order valence-electron chi connectivity index (χ4n) is 0.910. The van der Waals surface area contributed by atoms with E-state index < -0.39 is 12.3 Å². The summed E-state index contributed by atoms with van der Waals surface area (Å²) in [6.07, 6.45) is 1.71. The molecule has 0 radical (unpaired) electrons. The van der Waals surface area contributed by atoms with Gasteiger partial charge in [0.2, 0.25) is 0 Å². The summed E-state index contributed by atoms with van der Waals surface area (Å²) in [5.74, 6) is 0. The highest BCUT2D eigenvalue weighted by atomic mass is 17.2. The van der Waals surface area contributed by atoms with E-state index in [1.165, 1.54) is 0 Å². The van der Waals surface area contributed by atoms with E-state index in [0.717, 1.165) is 25.7 Å². The van der Waals surface area contributed by atoms with E-state index in [2.05, 4.69) is 26.2 Å². The second kappa shape index (κ2) is 10.2. The molecule has 0 N–H and O–H groups in total. The monoisotopic (exact) mass is 234 g/mol. The Labute approximate surface area is 94.7 Å². The van der Waals surface area contributed by atoms with Crippen molar-refractivity contribution >= 4 is 12.3 Å². The molecule has 0 atom stereocenters. The molecule has 0 heterocycles. The van der Waals surface area contributed by atoms with Crippen LogP contribution in [0.5, 0.6) is 0 Å². The zero-order valence-corrected chi connectivity index (χ0v) is 9.69. The highest BCUT2D eigenvalue weighted by Gasteiger charge is 2.13. The van der Waals surface area contributed by atoms with Crippen LogP contribution in [-0.2, 0) is 19.2 Å². The van der Waals surface area contributed by atoms with Gasteiger partial charge in [-0.2, -0.15) is 4.89 Å². The first kappa shape index (κ1) is 14.7. The van der Waals surface area contributed by atoms with Gasteiger partial charge < -0.3 is 9.47 Å². The molecule has 0 saturated heterocycles. The molecule has 0 spiro atoms. The van der Waals surface area contributed by atoms with Crippen LogP contribution in [0, 0.1) is 0 Å². The van der Waals surface area contributed by atoms with Gasteiger partial charge in [-0.1, -0.05) is 26.2 Å². The van der Waals surface area contributed by atoms with Crippen molar-refractivity contribution in [1.82, 2.24) is 0 Å². The SMILES string of the molecule is CCCCCCOOC(=O)OC(=O)OCC. The molecule has 0 aromatic heterocycles. The number of rotatable bonds is 7. The number of carbonyl (C=O) groups excluding carboxylic acids is 2. The molecule has 94 valence electrons. The topological polar surface area (TPSA) is 71.1 Å². The van der Waals surface area contributed by atoms with Crippen LogP contribution in [0.15, 0.2) is 0 Å². The lowest BCUT2D eigenvalue weighted by Crippen LogP contribution is -2.15. The van der Waals surface area contributed by atoms with E-state index in [1.807, 2.05) is 0 Å². The number of unbranched alkanes of at least 4 members (excludes halogenated alkanes) is 3. The standard InChI is InChI=1S/C10H18O6/c1-3-5-6-7-8-14-16-10(12)15-9(11)13-4-2/h3-8H2,1-2H3. The Morgan fingerprint density at radius 2 is 1.75 bits per heavy atom. The summed E-state index contributed by atoms with van der Waals surface area (Å²) in [4.78, 5) is 30.1. The van der Waals surface area contributed by atoms with Gasteiger partial charge in [0, 0.05) is 0 Å². The molecule has 0 aliphatic carbocycles. The minimum Gasteiger partial charge on any atom is -0.434 e. The molecule has 0 aromatic rings. The Balaban J connectivity index is 3.33. The lowest BCUT2D eigenvalue weighted by molar-refractivity contribution is -0.252. The summed E-state index contributed by atoms with van der Waals surface area (Å²) < 4.78 is 8.43. The van der Waals surface area contributed by atoms with E-state index in [-0.39, 0.29) is 13.2 Å². The molecular formula is C10H18O6. The second-order valence-electron chi connectivity index (χ2n) is 3.00. The molecule has 0 rings (SSSR count). The average Bonchev–Trinajstić information content (AvgIpc) is 2.23. The van der Waals surface area contributed by atoms with Crippen molar-refractivity contribution in [3.05, 3.63) is 0 Å². The largest absolute Gasteiger partial charge is 0.550 e. The molecule has 0 aliphatic heterocycles. The molecule has 6 nitrogen and oxygen atoms in total. The first-order valence-corrected chi connectivity index (χ1v) is 5.38. The van der Waals surface area contributed by atoms with Gasteiger partial charge in [-0.05, 0) is 13.3 Å². The normalized spacial score (nSPS) is 9.62. The summed E-state index contributed by atoms with van der Waals surface area (Å²) in [6, 6.07) is 0. The van der Waals surface area contributed by atoms with Gasteiger partial charge in [-0.25, -0.2) is 9.59 Å². The first-order valence-electron chi connectivity index (χ1n) is 5.38. The molecule has 0 unspecified atom stereocenters. The Kier molecular flexibility index (Phi) is 9.39. The maximum atomic E-state index is 10.7. The predicted octanol–water partition coefficient (Wildman–Crippen LogP) is 2.81. The first-order chi connectivity index (χ1) is 7.70. The zero-order valence-electron chi connectivity index (χ0n) is 9.69. The summed E-state index contributed by atoms with van der Waals surface area (Å²) in [6.45, 7) is 4.10. The highest BCUT2D eigenvalue weighted by Crippen LogP contribution is 1.99. The van der Waals surface area contributed by atoms with E-state index in [4.69, 9.17) is 0 Å². The van der Waals surface area contributed by atoms with Crippen LogP contribution in [0.4, 0.5) is 9.59 Å². The summed E-state index contributed by atoms with van der Waals surface area (Å²) >= 11 is 0. The fourth-order valence-corrected chi connectivity index (χ4v) is 0.910. The lowest BCUT2D eigenvalue weighted by atomic mass is 10.2. The van der Waals surface area contributed by atoms with Crippen molar-refractivity contribution in [3.63, 3.8) is 0 Å². The van der Waals surface area contributed by atoms with Crippen LogP contribution in [0.2, 0.25) is 0 Å². The van der Waals surface area contributed by atoms with Gasteiger partial charge in [-0.3, -0.25) is 4.89 Å². The second-order valence-corrected chi connectivity index (χ2v) is 3.00. The third kappa shape index (κ3) is 9.26. The van der Waals surface area contributed by atoms with Crippen LogP contribution in [0.1, 0.15) is 39.5 Å². The smallest absolute Gasteiger partial charge is 0.434 e. The molecule has 0 bridgehead atoms. The maximum Gasteiger partial charge on any atom is 0.550 e. The maximum absolute atomic E-state index is 10.7. The third-order valence-corrected chi connectivity index (χ3v) is 1.64. The van der Waals surface area contributed by atoms with Crippen LogP contribution in [-0.4, -0.2) is 25.5 Å². The van der Waals surface area contributed by atoms with Crippen LogP contribution in [0.3, 0.4) is 0 Å². The molecule has 6 heteroatoms. The fraction of sp³-hybridized carbons (Fsp3) is 0.800. The van der Waals surface area contributed by atoms with E-state index in [0.29, 0.717) is 0 Å². The number of ether oxygens (including phenoxy) is 2. The third-order valence-electron chi connectivity index (χ3n) is 1.64. The Bertz CT molecular complexity index is 203. The zero-order chi connectivity index (χ0) is 12.2. The Morgan fingerprint density at radius 1 is 1.00 bits per heavy atom. The van der Waals surface area contributed by atoms with Gasteiger partial charge in [0.1, 0.15) is 0 Å². The molecule has 0 amide bonds. The van der Waals surface area contributed by atoms with Crippen molar-refractivity contribution in [2.24, 2.45) is 0 Å². The predicted molar refractivity (Wildman–Crippen MR) is 54.7 cm³/mol. The van der Waals surface area contributed by atoms with Gasteiger partial charge in [-0.15, -0.1) is 0 Å². The molecular weight excluding hydrogens is 216 g/mol. The molecule has 16 heavy (non-hydrogen) atoms. The van der Waals surface area contributed by atoms with Gasteiger partial charge >= 0.3 is 12.3 Å². The summed E-state index contributed by atoms with van der Waals surface area (Å²) in [5.41, 5.74) is 0. The number of carbonyl (C=O) groups is 2. The molecule has 0 saturated carbocycles. The van der Waals surface area contributed by atoms with Crippen LogP contribution in [0.25, 0.3) is 0 Å². The van der Waals surface area contributed by atoms with E-state index >= 15 is 0 Å². The van der Waals surface area contributed by atoms with E-state index in [9.17, 15) is 9.59 Å². The highest BCUT2D eigenvalue weighted by molar-refractivity contribution is 5.76. The van der Waals surface area contributed by atoms with Crippen molar-refractivity contribution in [2.75, 3.05) is 13.2 Å².